The number of carbonyl (C=O) groups excluding carboxylic acids is 2. The lowest BCUT2D eigenvalue weighted by molar-refractivity contribution is -0.138. The highest BCUT2D eigenvalue weighted by atomic mass is 16.2. The zero-order valence-electron chi connectivity index (χ0n) is 12.9. The fourth-order valence-corrected chi connectivity index (χ4v) is 2.64. The Morgan fingerprint density at radius 3 is 2.81 bits per heavy atom. The first kappa shape index (κ1) is 15.5. The van der Waals surface area contributed by atoms with Crippen LogP contribution in [0.4, 0.5) is 0 Å². The molecule has 0 radical (unpaired) electrons. The van der Waals surface area contributed by atoms with Crippen LogP contribution in [-0.2, 0) is 16.1 Å². The molecule has 0 aromatic carbocycles. The van der Waals surface area contributed by atoms with Crippen LogP contribution in [0.5, 0.6) is 0 Å². The Hall–Kier alpha value is -1.92. The molecule has 116 valence electrons. The van der Waals surface area contributed by atoms with Crippen LogP contribution in [0.3, 0.4) is 0 Å². The molecule has 0 spiro atoms. The quantitative estimate of drug-likeness (QED) is 0.845. The van der Waals surface area contributed by atoms with E-state index in [1.807, 2.05) is 20.8 Å². The molecule has 0 aliphatic carbocycles. The Labute approximate surface area is 124 Å². The van der Waals surface area contributed by atoms with E-state index in [0.717, 1.165) is 11.6 Å². The number of hydrogen-bond acceptors (Lipinski definition) is 4. The van der Waals surface area contributed by atoms with Crippen molar-refractivity contribution in [3.8, 4) is 0 Å². The van der Waals surface area contributed by atoms with E-state index in [-0.39, 0.29) is 17.7 Å². The molecule has 1 aromatic rings. The van der Waals surface area contributed by atoms with E-state index < -0.39 is 0 Å². The fourth-order valence-electron chi connectivity index (χ4n) is 2.64. The minimum atomic E-state index is -0.0961. The summed E-state index contributed by atoms with van der Waals surface area (Å²) in [5, 5.41) is 7.19. The second kappa shape index (κ2) is 6.69. The Bertz CT molecular complexity index is 525. The predicted molar refractivity (Wildman–Crippen MR) is 77.5 cm³/mol. The molecule has 2 heterocycles. The van der Waals surface area contributed by atoms with Crippen molar-refractivity contribution in [3.05, 3.63) is 11.6 Å². The monoisotopic (exact) mass is 293 g/mol. The smallest absolute Gasteiger partial charge is 0.224 e. The summed E-state index contributed by atoms with van der Waals surface area (Å²) in [6.07, 6.45) is 1.11. The third kappa shape index (κ3) is 3.80. The highest BCUT2D eigenvalue weighted by Gasteiger charge is 2.28. The van der Waals surface area contributed by atoms with Gasteiger partial charge in [0, 0.05) is 26.1 Å². The van der Waals surface area contributed by atoms with Crippen LogP contribution < -0.4 is 5.32 Å². The summed E-state index contributed by atoms with van der Waals surface area (Å²) in [4.78, 5) is 29.7. The van der Waals surface area contributed by atoms with Gasteiger partial charge in [-0.25, -0.2) is 9.67 Å². The van der Waals surface area contributed by atoms with Crippen molar-refractivity contribution >= 4 is 11.8 Å². The number of nitrogens with zero attached hydrogens (tertiary/aromatic N) is 4. The van der Waals surface area contributed by atoms with E-state index in [2.05, 4.69) is 15.4 Å². The number of rotatable bonds is 5. The molecule has 7 nitrogen and oxygen atoms in total. The highest BCUT2D eigenvalue weighted by Crippen LogP contribution is 2.17. The van der Waals surface area contributed by atoms with Crippen LogP contribution in [0.25, 0.3) is 0 Å². The molecule has 2 amide bonds. The van der Waals surface area contributed by atoms with Crippen molar-refractivity contribution in [3.63, 3.8) is 0 Å². The molecule has 2 rings (SSSR count). The van der Waals surface area contributed by atoms with Crippen molar-refractivity contribution in [1.29, 1.82) is 0 Å². The SMILES string of the molecule is CCN1C[C@@H](C(=O)NCCn2nc(C)nc2C)CCC1=O. The van der Waals surface area contributed by atoms with Gasteiger partial charge in [0.25, 0.3) is 0 Å². The van der Waals surface area contributed by atoms with Gasteiger partial charge in [0.05, 0.1) is 12.5 Å². The van der Waals surface area contributed by atoms with Crippen molar-refractivity contribution in [2.75, 3.05) is 19.6 Å². The van der Waals surface area contributed by atoms with Crippen molar-refractivity contribution in [1.82, 2.24) is 25.0 Å². The summed E-state index contributed by atoms with van der Waals surface area (Å²) >= 11 is 0. The zero-order chi connectivity index (χ0) is 15.4. The molecule has 1 atom stereocenters. The predicted octanol–water partition coefficient (Wildman–Crippen LogP) is 0.270. The van der Waals surface area contributed by atoms with Gasteiger partial charge in [0.1, 0.15) is 11.6 Å². The van der Waals surface area contributed by atoms with Gasteiger partial charge in [0.2, 0.25) is 11.8 Å². The van der Waals surface area contributed by atoms with Crippen LogP contribution in [0.15, 0.2) is 0 Å². The number of hydrogen-bond donors (Lipinski definition) is 1. The normalized spacial score (nSPS) is 18.9. The maximum absolute atomic E-state index is 12.2. The molecule has 1 aromatic heterocycles. The van der Waals surface area contributed by atoms with Gasteiger partial charge in [-0.3, -0.25) is 9.59 Å². The molecule has 1 saturated heterocycles. The maximum Gasteiger partial charge on any atom is 0.224 e. The number of nitrogens with one attached hydrogen (secondary N) is 1. The first-order valence-corrected chi connectivity index (χ1v) is 7.44. The van der Waals surface area contributed by atoms with Gasteiger partial charge < -0.3 is 10.2 Å². The van der Waals surface area contributed by atoms with Crippen LogP contribution >= 0.6 is 0 Å². The standard InChI is InChI=1S/C14H23N5O2/c1-4-18-9-12(5-6-13(18)20)14(21)15-7-8-19-11(3)16-10(2)17-19/h12H,4-9H2,1-3H3,(H,15,21)/t12-/m0/s1. The van der Waals surface area contributed by atoms with Crippen LogP contribution in [0.2, 0.25) is 0 Å². The van der Waals surface area contributed by atoms with Crippen LogP contribution in [-0.4, -0.2) is 51.1 Å². The Balaban J connectivity index is 1.79. The number of carbonyl (C=O) groups is 2. The van der Waals surface area contributed by atoms with Gasteiger partial charge in [-0.2, -0.15) is 5.10 Å². The molecular weight excluding hydrogens is 270 g/mol. The van der Waals surface area contributed by atoms with Gasteiger partial charge in [-0.1, -0.05) is 0 Å². The summed E-state index contributed by atoms with van der Waals surface area (Å²) in [7, 11) is 0. The highest BCUT2D eigenvalue weighted by molar-refractivity contribution is 5.83. The minimum Gasteiger partial charge on any atom is -0.354 e. The molecule has 1 N–H and O–H groups in total. The Kier molecular flexibility index (Phi) is 4.93. The van der Waals surface area contributed by atoms with E-state index in [1.165, 1.54) is 0 Å². The summed E-state index contributed by atoms with van der Waals surface area (Å²) < 4.78 is 1.79. The molecular formula is C14H23N5O2. The summed E-state index contributed by atoms with van der Waals surface area (Å²) in [5.74, 6) is 1.66. The Morgan fingerprint density at radius 2 is 2.19 bits per heavy atom. The third-order valence-electron chi connectivity index (χ3n) is 3.84. The Morgan fingerprint density at radius 1 is 1.43 bits per heavy atom. The van der Waals surface area contributed by atoms with Gasteiger partial charge >= 0.3 is 0 Å². The van der Waals surface area contributed by atoms with E-state index in [9.17, 15) is 9.59 Å². The average Bonchev–Trinajstić information content (AvgIpc) is 2.77. The van der Waals surface area contributed by atoms with Gasteiger partial charge in [-0.05, 0) is 27.2 Å². The number of aromatic nitrogens is 3. The molecule has 7 heteroatoms. The zero-order valence-corrected chi connectivity index (χ0v) is 12.9. The van der Waals surface area contributed by atoms with E-state index in [1.54, 1.807) is 9.58 Å². The van der Waals surface area contributed by atoms with Crippen molar-refractivity contribution < 1.29 is 9.59 Å². The second-order valence-electron chi connectivity index (χ2n) is 5.39. The third-order valence-corrected chi connectivity index (χ3v) is 3.84. The van der Waals surface area contributed by atoms with Crippen LogP contribution in [0, 0.1) is 19.8 Å². The lowest BCUT2D eigenvalue weighted by Crippen LogP contribution is -2.46. The van der Waals surface area contributed by atoms with Gasteiger partial charge in [0.15, 0.2) is 0 Å². The number of likely N-dealkylation sites (tertiary alicyclic amines) is 1. The van der Waals surface area contributed by atoms with Crippen LogP contribution in [0.1, 0.15) is 31.4 Å². The largest absolute Gasteiger partial charge is 0.354 e. The lowest BCUT2D eigenvalue weighted by atomic mass is 9.96. The second-order valence-corrected chi connectivity index (χ2v) is 5.39. The summed E-state index contributed by atoms with van der Waals surface area (Å²) in [6.45, 7) is 8.02. The first-order valence-electron chi connectivity index (χ1n) is 7.44. The van der Waals surface area contributed by atoms with E-state index >= 15 is 0 Å². The topological polar surface area (TPSA) is 80.1 Å². The first-order chi connectivity index (χ1) is 10.0. The molecule has 1 aliphatic rings. The minimum absolute atomic E-state index is 0.0236. The summed E-state index contributed by atoms with van der Waals surface area (Å²) in [5.41, 5.74) is 0. The number of amides is 2. The average molecular weight is 293 g/mol. The van der Waals surface area contributed by atoms with Gasteiger partial charge in [-0.15, -0.1) is 0 Å². The van der Waals surface area contributed by atoms with E-state index in [4.69, 9.17) is 0 Å². The fraction of sp³-hybridized carbons (Fsp3) is 0.714. The van der Waals surface area contributed by atoms with E-state index in [0.29, 0.717) is 39.0 Å². The number of piperidine rings is 1. The number of aryl methyl sites for hydroxylation is 2. The molecule has 0 saturated carbocycles. The maximum atomic E-state index is 12.2. The molecule has 0 bridgehead atoms. The molecule has 0 unspecified atom stereocenters. The molecule has 1 aliphatic heterocycles. The molecule has 21 heavy (non-hydrogen) atoms. The lowest BCUT2D eigenvalue weighted by Gasteiger charge is -2.31. The summed E-state index contributed by atoms with van der Waals surface area (Å²) in [6, 6.07) is 0. The molecule has 1 fully saturated rings. The van der Waals surface area contributed by atoms with Crippen molar-refractivity contribution in [2.24, 2.45) is 5.92 Å². The van der Waals surface area contributed by atoms with Crippen molar-refractivity contribution in [2.45, 2.75) is 40.2 Å².